The highest BCUT2D eigenvalue weighted by molar-refractivity contribution is 5.39. The highest BCUT2D eigenvalue weighted by Gasteiger charge is 2.52. The molecule has 0 N–H and O–H groups in total. The van der Waals surface area contributed by atoms with E-state index in [1.54, 1.807) is 11.1 Å². The van der Waals surface area contributed by atoms with Gasteiger partial charge in [-0.1, -0.05) is 40.2 Å². The van der Waals surface area contributed by atoms with E-state index in [0.29, 0.717) is 22.9 Å². The van der Waals surface area contributed by atoms with Gasteiger partial charge in [0.05, 0.1) is 6.10 Å². The molecule has 92 valence electrons. The Morgan fingerprint density at radius 3 is 2.31 bits per heavy atom. The van der Waals surface area contributed by atoms with Gasteiger partial charge in [-0.25, -0.2) is 0 Å². The molecule has 0 bridgehead atoms. The number of ether oxygens (including phenoxy) is 1. The maximum absolute atomic E-state index is 5.72. The van der Waals surface area contributed by atoms with E-state index in [4.69, 9.17) is 4.74 Å². The lowest BCUT2D eigenvalue weighted by molar-refractivity contribution is 0.0924. The van der Waals surface area contributed by atoms with Crippen molar-refractivity contribution in [2.75, 3.05) is 7.11 Å². The molecule has 0 saturated heterocycles. The summed E-state index contributed by atoms with van der Waals surface area (Å²) < 4.78 is 5.72. The van der Waals surface area contributed by atoms with Crippen molar-refractivity contribution >= 4 is 0 Å². The minimum Gasteiger partial charge on any atom is -0.377 e. The average Bonchev–Trinajstić information content (AvgIpc) is 2.38. The third-order valence-electron chi connectivity index (χ3n) is 5.46. The molecule has 2 aliphatic carbocycles. The first-order valence-electron chi connectivity index (χ1n) is 6.60. The van der Waals surface area contributed by atoms with Gasteiger partial charge in [0.15, 0.2) is 0 Å². The van der Waals surface area contributed by atoms with Gasteiger partial charge >= 0.3 is 0 Å². The molecule has 16 heavy (non-hydrogen) atoms. The number of allylic oxidation sites excluding steroid dienone is 1. The van der Waals surface area contributed by atoms with E-state index in [2.05, 4.69) is 34.6 Å². The summed E-state index contributed by atoms with van der Waals surface area (Å²) in [5, 5.41) is 0. The van der Waals surface area contributed by atoms with E-state index in [1.165, 1.54) is 19.3 Å². The first-order valence-corrected chi connectivity index (χ1v) is 6.60. The number of hydrogen-bond acceptors (Lipinski definition) is 1. The number of methoxy groups -OCH3 is 1. The molecule has 2 atom stereocenters. The summed E-state index contributed by atoms with van der Waals surface area (Å²) in [7, 11) is 1.87. The van der Waals surface area contributed by atoms with Crippen molar-refractivity contribution in [2.24, 2.45) is 16.7 Å². The molecule has 0 radical (unpaired) electrons. The van der Waals surface area contributed by atoms with Crippen LogP contribution in [0.3, 0.4) is 0 Å². The summed E-state index contributed by atoms with van der Waals surface area (Å²) in [4.78, 5) is 0. The van der Waals surface area contributed by atoms with Crippen LogP contribution in [-0.2, 0) is 4.74 Å². The maximum atomic E-state index is 5.72. The molecule has 0 saturated carbocycles. The van der Waals surface area contributed by atoms with Crippen molar-refractivity contribution in [1.82, 2.24) is 0 Å². The van der Waals surface area contributed by atoms with Gasteiger partial charge in [0, 0.05) is 7.11 Å². The third kappa shape index (κ3) is 1.40. The molecule has 2 unspecified atom stereocenters. The Balaban J connectivity index is 2.53. The highest BCUT2D eigenvalue weighted by Crippen LogP contribution is 2.61. The fourth-order valence-electron chi connectivity index (χ4n) is 4.04. The van der Waals surface area contributed by atoms with Crippen LogP contribution >= 0.6 is 0 Å². The Morgan fingerprint density at radius 2 is 1.75 bits per heavy atom. The molecule has 0 aromatic carbocycles. The lowest BCUT2D eigenvalue weighted by atomic mass is 9.69. The largest absolute Gasteiger partial charge is 0.377 e. The van der Waals surface area contributed by atoms with Crippen molar-refractivity contribution < 1.29 is 4.74 Å². The Bertz CT molecular complexity index is 322. The molecule has 0 fully saturated rings. The molecule has 0 aromatic rings. The summed E-state index contributed by atoms with van der Waals surface area (Å²) in [5.41, 5.74) is 3.98. The monoisotopic (exact) mass is 222 g/mol. The second-order valence-electron chi connectivity index (χ2n) is 6.67. The topological polar surface area (TPSA) is 9.23 Å². The van der Waals surface area contributed by atoms with Crippen LogP contribution in [0.5, 0.6) is 0 Å². The van der Waals surface area contributed by atoms with E-state index < -0.39 is 0 Å². The second kappa shape index (κ2) is 3.60. The molecule has 1 heteroatoms. The molecule has 0 heterocycles. The number of hydrogen-bond donors (Lipinski definition) is 0. The van der Waals surface area contributed by atoms with Crippen LogP contribution in [0, 0.1) is 16.7 Å². The Kier molecular flexibility index (Phi) is 2.73. The molecule has 2 rings (SSSR count). The van der Waals surface area contributed by atoms with Gasteiger partial charge in [-0.3, -0.25) is 0 Å². The summed E-state index contributed by atoms with van der Waals surface area (Å²) in [6, 6.07) is 0. The highest BCUT2D eigenvalue weighted by atomic mass is 16.5. The normalized spacial score (nSPS) is 36.4. The van der Waals surface area contributed by atoms with Gasteiger partial charge in [0.1, 0.15) is 0 Å². The Hall–Kier alpha value is -0.300. The van der Waals surface area contributed by atoms with Gasteiger partial charge in [0.25, 0.3) is 0 Å². The zero-order valence-electron chi connectivity index (χ0n) is 11.7. The zero-order valence-corrected chi connectivity index (χ0v) is 11.7. The van der Waals surface area contributed by atoms with Gasteiger partial charge in [-0.05, 0) is 41.6 Å². The van der Waals surface area contributed by atoms with Crippen LogP contribution in [0.1, 0.15) is 53.9 Å². The number of rotatable bonds is 1. The molecule has 0 aliphatic heterocycles. The van der Waals surface area contributed by atoms with E-state index in [0.717, 1.165) is 0 Å². The SMILES string of the molecule is COC1CCCC2=C1C(C)(C)C(C)C2(C)C. The summed E-state index contributed by atoms with van der Waals surface area (Å²) in [5.74, 6) is 0.709. The van der Waals surface area contributed by atoms with Crippen LogP contribution in [0.15, 0.2) is 11.1 Å². The van der Waals surface area contributed by atoms with Crippen LogP contribution in [0.4, 0.5) is 0 Å². The average molecular weight is 222 g/mol. The summed E-state index contributed by atoms with van der Waals surface area (Å²) >= 11 is 0. The molecule has 1 nitrogen and oxygen atoms in total. The molecule has 0 spiro atoms. The minimum absolute atomic E-state index is 0.305. The van der Waals surface area contributed by atoms with Crippen LogP contribution < -0.4 is 0 Å². The zero-order chi connectivity index (χ0) is 12.1. The summed E-state index contributed by atoms with van der Waals surface area (Å²) in [6.45, 7) is 12.0. The van der Waals surface area contributed by atoms with Crippen molar-refractivity contribution in [1.29, 1.82) is 0 Å². The van der Waals surface area contributed by atoms with E-state index in [9.17, 15) is 0 Å². The van der Waals surface area contributed by atoms with Crippen LogP contribution in [0.25, 0.3) is 0 Å². The maximum Gasteiger partial charge on any atom is 0.0789 e. The minimum atomic E-state index is 0.305. The smallest absolute Gasteiger partial charge is 0.0789 e. The van der Waals surface area contributed by atoms with Gasteiger partial charge in [0.2, 0.25) is 0 Å². The van der Waals surface area contributed by atoms with E-state index in [-0.39, 0.29) is 0 Å². The van der Waals surface area contributed by atoms with E-state index >= 15 is 0 Å². The van der Waals surface area contributed by atoms with Crippen molar-refractivity contribution in [2.45, 2.75) is 60.0 Å². The Labute approximate surface area is 100 Å². The van der Waals surface area contributed by atoms with Crippen molar-refractivity contribution in [3.05, 3.63) is 11.1 Å². The van der Waals surface area contributed by atoms with Gasteiger partial charge in [-0.2, -0.15) is 0 Å². The van der Waals surface area contributed by atoms with Crippen LogP contribution in [-0.4, -0.2) is 13.2 Å². The molecule has 0 amide bonds. The second-order valence-corrected chi connectivity index (χ2v) is 6.67. The fourth-order valence-corrected chi connectivity index (χ4v) is 4.04. The van der Waals surface area contributed by atoms with Crippen molar-refractivity contribution in [3.63, 3.8) is 0 Å². The third-order valence-corrected chi connectivity index (χ3v) is 5.46. The predicted octanol–water partition coefficient (Wildman–Crippen LogP) is 4.18. The lowest BCUT2D eigenvalue weighted by Crippen LogP contribution is -2.30. The molecule has 2 aliphatic rings. The molecular formula is C15H26O. The van der Waals surface area contributed by atoms with Gasteiger partial charge < -0.3 is 4.74 Å². The van der Waals surface area contributed by atoms with Gasteiger partial charge in [-0.15, -0.1) is 0 Å². The first kappa shape index (κ1) is 12.2. The standard InChI is InChI=1S/C15H26O/c1-10-14(2,3)11-8-7-9-12(16-6)13(11)15(10,4)5/h10,12H,7-9H2,1-6H3. The summed E-state index contributed by atoms with van der Waals surface area (Å²) in [6.07, 6.45) is 4.17. The fraction of sp³-hybridized carbons (Fsp3) is 0.867. The van der Waals surface area contributed by atoms with Crippen molar-refractivity contribution in [3.8, 4) is 0 Å². The molecular weight excluding hydrogens is 196 g/mol. The molecule has 0 aromatic heterocycles. The first-order chi connectivity index (χ1) is 7.33. The Morgan fingerprint density at radius 1 is 1.12 bits per heavy atom. The quantitative estimate of drug-likeness (QED) is 0.605. The predicted molar refractivity (Wildman–Crippen MR) is 68.4 cm³/mol. The van der Waals surface area contributed by atoms with E-state index in [1.807, 2.05) is 7.11 Å². The lowest BCUT2D eigenvalue weighted by Gasteiger charge is -2.36. The van der Waals surface area contributed by atoms with Crippen LogP contribution in [0.2, 0.25) is 0 Å².